The van der Waals surface area contributed by atoms with Crippen molar-refractivity contribution < 1.29 is 50.7 Å². The first-order valence-electron chi connectivity index (χ1n) is 15.7. The van der Waals surface area contributed by atoms with E-state index in [4.69, 9.17) is 14.2 Å². The van der Waals surface area contributed by atoms with Gasteiger partial charge in [-0.1, -0.05) is 41.5 Å². The zero-order valence-corrected chi connectivity index (χ0v) is 27.8. The largest absolute Gasteiger partial charge is 0.391 e. The number of aliphatic hydroxyl groups excluding tert-OH is 3. The molecule has 5 rings (SSSR count). The minimum atomic E-state index is -4.51. The summed E-state index contributed by atoms with van der Waals surface area (Å²) in [7, 11) is -7.39. The van der Waals surface area contributed by atoms with E-state index in [1.807, 2.05) is 6.92 Å². The molecule has 0 bridgehead atoms. The summed E-state index contributed by atoms with van der Waals surface area (Å²) in [5.41, 5.74) is -1.26. The highest BCUT2D eigenvalue weighted by Crippen LogP contribution is 2.70. The molecule has 4 aliphatic carbocycles. The van der Waals surface area contributed by atoms with Gasteiger partial charge < -0.3 is 20.1 Å². The Bertz CT molecular complexity index is 1260. The van der Waals surface area contributed by atoms with Crippen LogP contribution in [0.5, 0.6) is 0 Å². The second-order valence-corrected chi connectivity index (χ2v) is 18.4. The maximum Gasteiger partial charge on any atom is 0.335 e. The van der Waals surface area contributed by atoms with E-state index >= 15 is 0 Å². The van der Waals surface area contributed by atoms with E-state index in [9.17, 15) is 32.2 Å². The van der Waals surface area contributed by atoms with E-state index in [1.165, 1.54) is 7.05 Å². The highest BCUT2D eigenvalue weighted by Gasteiger charge is 2.73. The number of hydrogen-bond acceptors (Lipinski definition) is 11. The fraction of sp³-hybridized carbons (Fsp3) is 1.00. The topological polar surface area (TPSA) is 189 Å². The van der Waals surface area contributed by atoms with E-state index in [-0.39, 0.29) is 36.2 Å². The Labute approximate surface area is 256 Å². The average molecular weight is 654 g/mol. The molecule has 4 saturated carbocycles. The summed E-state index contributed by atoms with van der Waals surface area (Å²) in [6, 6.07) is 0. The maximum absolute atomic E-state index is 13.0. The van der Waals surface area contributed by atoms with Crippen LogP contribution in [0.4, 0.5) is 0 Å². The van der Waals surface area contributed by atoms with Crippen LogP contribution in [0.1, 0.15) is 73.6 Å². The summed E-state index contributed by atoms with van der Waals surface area (Å²) in [4.78, 5) is 0. The van der Waals surface area contributed by atoms with Crippen molar-refractivity contribution >= 4 is 20.4 Å². The highest BCUT2D eigenvalue weighted by atomic mass is 32.2. The summed E-state index contributed by atoms with van der Waals surface area (Å²) in [5, 5.41) is 42.4. The Kier molecular flexibility index (Phi) is 8.98. The van der Waals surface area contributed by atoms with Gasteiger partial charge in [-0.2, -0.15) is 21.6 Å². The van der Waals surface area contributed by atoms with Crippen LogP contribution in [0.3, 0.4) is 0 Å². The molecule has 0 aromatic rings. The van der Waals surface area contributed by atoms with E-state index in [0.717, 1.165) is 6.42 Å². The molecule has 14 heteroatoms. The summed E-state index contributed by atoms with van der Waals surface area (Å²) in [6.07, 6.45) is -3.58. The lowest BCUT2D eigenvalue weighted by molar-refractivity contribution is -0.241. The van der Waals surface area contributed by atoms with Crippen LogP contribution in [-0.2, 0) is 33.7 Å². The van der Waals surface area contributed by atoms with Gasteiger partial charge in [0.25, 0.3) is 10.1 Å². The minimum absolute atomic E-state index is 0.000736. The number of rotatable bonds is 7. The normalized spacial score (nSPS) is 50.8. The van der Waals surface area contributed by atoms with Crippen LogP contribution in [-0.4, -0.2) is 86.3 Å². The van der Waals surface area contributed by atoms with E-state index < -0.39 is 84.8 Å². The van der Waals surface area contributed by atoms with Gasteiger partial charge >= 0.3 is 10.3 Å². The molecule has 16 unspecified atom stereocenters. The quantitative estimate of drug-likeness (QED) is 0.199. The molecule has 5 N–H and O–H groups in total. The molecule has 1 heterocycles. The van der Waals surface area contributed by atoms with Gasteiger partial charge in [-0.15, -0.1) is 4.33 Å². The SMILES string of the molecule is CNS(=O)(=O)OC1C2OC(C(C)C(C)C)CC(C)C2C2(C)CCC3C(C(O)C(O)C4C(O)C(S(=O)(=O)OO)CCC34C)C12. The molecule has 43 heavy (non-hydrogen) atoms. The summed E-state index contributed by atoms with van der Waals surface area (Å²) in [6.45, 7) is 12.7. The Hall–Kier alpha value is -0.420. The Morgan fingerprint density at radius 3 is 2.12 bits per heavy atom. The summed E-state index contributed by atoms with van der Waals surface area (Å²) >= 11 is 0. The number of fused-ring (bicyclic) bond motifs is 7. The molecular formula is C29H51NO11S2. The molecule has 0 spiro atoms. The van der Waals surface area contributed by atoms with Crippen LogP contribution in [0.2, 0.25) is 0 Å². The van der Waals surface area contributed by atoms with Crippen molar-refractivity contribution in [2.75, 3.05) is 7.05 Å². The number of hydrogen-bond donors (Lipinski definition) is 5. The van der Waals surface area contributed by atoms with Gasteiger partial charge in [-0.25, -0.2) is 5.26 Å². The molecule has 0 amide bonds. The zero-order chi connectivity index (χ0) is 32.0. The van der Waals surface area contributed by atoms with Gasteiger partial charge in [-0.3, -0.25) is 4.18 Å². The van der Waals surface area contributed by atoms with E-state index in [0.29, 0.717) is 25.2 Å². The first kappa shape index (κ1) is 33.9. The Morgan fingerprint density at radius 2 is 1.53 bits per heavy atom. The van der Waals surface area contributed by atoms with Gasteiger partial charge in [0.1, 0.15) is 11.4 Å². The number of ether oxygens (including phenoxy) is 1. The second-order valence-electron chi connectivity index (χ2n) is 15.1. The monoisotopic (exact) mass is 653 g/mol. The molecule has 0 radical (unpaired) electrons. The van der Waals surface area contributed by atoms with Crippen molar-refractivity contribution in [1.82, 2.24) is 4.72 Å². The van der Waals surface area contributed by atoms with Gasteiger partial charge in [-0.05, 0) is 78.4 Å². The number of nitrogens with one attached hydrogen (secondary N) is 1. The molecule has 0 aromatic carbocycles. The minimum Gasteiger partial charge on any atom is -0.391 e. The third kappa shape index (κ3) is 5.14. The van der Waals surface area contributed by atoms with Crippen molar-refractivity contribution in [3.05, 3.63) is 0 Å². The van der Waals surface area contributed by atoms with Gasteiger partial charge in [0.05, 0.1) is 30.5 Å². The van der Waals surface area contributed by atoms with Crippen LogP contribution >= 0.6 is 0 Å². The van der Waals surface area contributed by atoms with Crippen molar-refractivity contribution in [1.29, 1.82) is 0 Å². The summed E-state index contributed by atoms with van der Waals surface area (Å²) in [5.74, 6) is -1.65. The third-order valence-electron chi connectivity index (χ3n) is 13.0. The molecule has 250 valence electrons. The number of aliphatic hydroxyl groups is 3. The lowest BCUT2D eigenvalue weighted by atomic mass is 9.42. The van der Waals surface area contributed by atoms with E-state index in [1.54, 1.807) is 0 Å². The van der Waals surface area contributed by atoms with E-state index in [2.05, 4.69) is 43.7 Å². The van der Waals surface area contributed by atoms with Crippen LogP contribution in [0.25, 0.3) is 0 Å². The van der Waals surface area contributed by atoms with Crippen molar-refractivity contribution in [2.24, 2.45) is 58.2 Å². The lowest BCUT2D eigenvalue weighted by Crippen LogP contribution is -2.69. The molecule has 5 aliphatic rings. The first-order valence-corrected chi connectivity index (χ1v) is 18.6. The molecule has 0 aromatic heterocycles. The maximum atomic E-state index is 13.0. The van der Waals surface area contributed by atoms with Crippen molar-refractivity contribution in [3.63, 3.8) is 0 Å². The van der Waals surface area contributed by atoms with Gasteiger partial charge in [0, 0.05) is 18.9 Å². The molecule has 5 fully saturated rings. The first-order chi connectivity index (χ1) is 19.9. The molecule has 1 saturated heterocycles. The molecule has 12 nitrogen and oxygen atoms in total. The van der Waals surface area contributed by atoms with Crippen molar-refractivity contribution in [2.45, 2.75) is 116 Å². The van der Waals surface area contributed by atoms with Crippen LogP contribution in [0.15, 0.2) is 0 Å². The lowest BCUT2D eigenvalue weighted by Gasteiger charge is -2.64. The predicted molar refractivity (Wildman–Crippen MR) is 156 cm³/mol. The van der Waals surface area contributed by atoms with Crippen LogP contribution in [0, 0.1) is 58.2 Å². The van der Waals surface area contributed by atoms with Crippen LogP contribution < -0.4 is 4.72 Å². The Balaban J connectivity index is 1.59. The summed E-state index contributed by atoms with van der Waals surface area (Å²) < 4.78 is 69.6. The fourth-order valence-electron chi connectivity index (χ4n) is 10.7. The fourth-order valence-corrected chi connectivity index (χ4v) is 12.4. The van der Waals surface area contributed by atoms with Crippen molar-refractivity contribution in [3.8, 4) is 0 Å². The molecular weight excluding hydrogens is 602 g/mol. The second kappa shape index (κ2) is 11.4. The molecule has 1 aliphatic heterocycles. The standard InChI is InChI=1S/C29H51NO11S2/c1-13(2)15(4)17-12-14(3)20-26(39-17)27(40-43(37,38)30-7)21-19-16(8-10-29(20,21)6)28(5)11-9-18(42(35,36)41-34)23(31)22(28)25(33)24(19)32/h13-27,30-34H,8-12H2,1-7H3. The third-order valence-corrected chi connectivity index (χ3v) is 15.5. The Morgan fingerprint density at radius 1 is 0.907 bits per heavy atom. The molecule has 16 atom stereocenters. The zero-order valence-electron chi connectivity index (χ0n) is 26.2. The van der Waals surface area contributed by atoms with Gasteiger partial charge in [0.15, 0.2) is 0 Å². The average Bonchev–Trinajstić information content (AvgIpc) is 3.18. The highest BCUT2D eigenvalue weighted by molar-refractivity contribution is 7.87. The predicted octanol–water partition coefficient (Wildman–Crippen LogP) is 1.90. The smallest absolute Gasteiger partial charge is 0.335 e. The van der Waals surface area contributed by atoms with Gasteiger partial charge in [0.2, 0.25) is 0 Å².